The predicted octanol–water partition coefficient (Wildman–Crippen LogP) is 2.94. The Morgan fingerprint density at radius 1 is 1.29 bits per heavy atom. The molecular weight excluding hydrogens is 286 g/mol. The van der Waals surface area contributed by atoms with Gasteiger partial charge in [0.25, 0.3) is 0 Å². The van der Waals surface area contributed by atoms with Crippen molar-refractivity contribution >= 4 is 24.5 Å². The molecule has 1 atom stereocenters. The topological polar surface area (TPSA) is 55.4 Å². The number of benzene rings is 1. The maximum atomic E-state index is 12.2. The summed E-state index contributed by atoms with van der Waals surface area (Å²) in [6, 6.07) is 6.86. The summed E-state index contributed by atoms with van der Waals surface area (Å²) in [6.45, 7) is 7.28. The maximum Gasteiger partial charge on any atom is 0.408 e. The number of ether oxygens (including phenoxy) is 1. The minimum Gasteiger partial charge on any atom is -0.444 e. The zero-order valence-corrected chi connectivity index (χ0v) is 13.7. The molecule has 0 saturated heterocycles. The van der Waals surface area contributed by atoms with Gasteiger partial charge in [-0.2, -0.15) is 12.6 Å². The van der Waals surface area contributed by atoms with Gasteiger partial charge in [-0.05, 0) is 33.3 Å². The second-order valence-corrected chi connectivity index (χ2v) is 6.20. The number of carbonyl (C=O) groups is 2. The summed E-state index contributed by atoms with van der Waals surface area (Å²) in [6.07, 6.45) is 0.879. The average molecular weight is 308 g/mol. The molecule has 0 saturated carbocycles. The summed E-state index contributed by atoms with van der Waals surface area (Å²) in [5.41, 5.74) is 1.31. The molecule has 0 spiro atoms. The van der Waals surface area contributed by atoms with Crippen molar-refractivity contribution in [2.45, 2.75) is 39.3 Å². The molecule has 0 aromatic heterocycles. The Morgan fingerprint density at radius 2 is 1.86 bits per heavy atom. The Hall–Kier alpha value is -1.49. The fourth-order valence-electron chi connectivity index (χ4n) is 1.58. The molecule has 4 nitrogen and oxygen atoms in total. The van der Waals surface area contributed by atoms with Crippen LogP contribution in [0.15, 0.2) is 24.3 Å². The van der Waals surface area contributed by atoms with Gasteiger partial charge >= 0.3 is 6.09 Å². The fraction of sp³-hybridized carbons (Fsp3) is 0.438. The normalized spacial score (nSPS) is 12.6. The second-order valence-electron chi connectivity index (χ2n) is 5.84. The monoisotopic (exact) mass is 308 g/mol. The first-order chi connectivity index (χ1) is 9.71. The molecule has 0 fully saturated rings. The van der Waals surface area contributed by atoms with Crippen LogP contribution in [0.2, 0.25) is 0 Å². The summed E-state index contributed by atoms with van der Waals surface area (Å²) < 4.78 is 5.14. The molecule has 1 radical (unpaired) electrons. The molecule has 5 heteroatoms. The van der Waals surface area contributed by atoms with Gasteiger partial charge in [0.05, 0.1) is 6.42 Å². The molecule has 0 heterocycles. The van der Waals surface area contributed by atoms with Crippen molar-refractivity contribution in [1.29, 1.82) is 0 Å². The number of ketones is 1. The molecule has 0 aliphatic carbocycles. The summed E-state index contributed by atoms with van der Waals surface area (Å²) in [4.78, 5) is 23.9. The van der Waals surface area contributed by atoms with Gasteiger partial charge < -0.3 is 10.1 Å². The van der Waals surface area contributed by atoms with Crippen molar-refractivity contribution in [2.24, 2.45) is 0 Å². The van der Waals surface area contributed by atoms with E-state index in [0.717, 1.165) is 11.1 Å². The molecule has 1 aromatic carbocycles. The third-order valence-electron chi connectivity index (χ3n) is 2.60. The van der Waals surface area contributed by atoms with E-state index >= 15 is 0 Å². The molecule has 0 bridgehead atoms. The van der Waals surface area contributed by atoms with E-state index in [9.17, 15) is 9.59 Å². The van der Waals surface area contributed by atoms with Crippen molar-refractivity contribution in [3.63, 3.8) is 0 Å². The van der Waals surface area contributed by atoms with Crippen molar-refractivity contribution < 1.29 is 14.3 Å². The summed E-state index contributed by atoms with van der Waals surface area (Å²) >= 11 is 4.11. The molecule has 0 aliphatic rings. The number of amides is 1. The number of thiol groups is 1. The number of carbonyl (C=O) groups excluding carboxylic acids is 2. The van der Waals surface area contributed by atoms with E-state index in [2.05, 4.69) is 17.9 Å². The first kappa shape index (κ1) is 17.6. The van der Waals surface area contributed by atoms with Gasteiger partial charge in [0.15, 0.2) is 5.78 Å². The SMILES string of the molecule is Cc1ccc([CH]C(=O)[C@H](CS)NC(=O)OC(C)(C)C)cc1. The van der Waals surface area contributed by atoms with E-state index in [1.807, 2.05) is 31.2 Å². The molecule has 0 aliphatic heterocycles. The molecule has 0 unspecified atom stereocenters. The Bertz CT molecular complexity index is 491. The van der Waals surface area contributed by atoms with Crippen LogP contribution in [-0.2, 0) is 9.53 Å². The van der Waals surface area contributed by atoms with Crippen LogP contribution in [-0.4, -0.2) is 29.3 Å². The van der Waals surface area contributed by atoms with Crippen LogP contribution in [0.25, 0.3) is 0 Å². The lowest BCUT2D eigenvalue weighted by Crippen LogP contribution is -2.44. The molecule has 1 rings (SSSR count). The van der Waals surface area contributed by atoms with Crippen LogP contribution in [0.5, 0.6) is 0 Å². The maximum absolute atomic E-state index is 12.2. The van der Waals surface area contributed by atoms with Crippen LogP contribution < -0.4 is 5.32 Å². The van der Waals surface area contributed by atoms with E-state index in [0.29, 0.717) is 0 Å². The Kier molecular flexibility index (Phi) is 6.27. The number of rotatable bonds is 5. The number of Topliss-reactive ketones (excluding diaryl/α,β-unsaturated/α-hetero) is 1. The number of hydrogen-bond donors (Lipinski definition) is 2. The minimum absolute atomic E-state index is 0.209. The van der Waals surface area contributed by atoms with Crippen LogP contribution in [0.1, 0.15) is 31.9 Å². The van der Waals surface area contributed by atoms with E-state index in [-0.39, 0.29) is 11.5 Å². The number of nitrogens with one attached hydrogen (secondary N) is 1. The lowest BCUT2D eigenvalue weighted by molar-refractivity contribution is -0.117. The highest BCUT2D eigenvalue weighted by Crippen LogP contribution is 2.10. The van der Waals surface area contributed by atoms with Gasteiger partial charge in [-0.25, -0.2) is 4.79 Å². The highest BCUT2D eigenvalue weighted by Gasteiger charge is 2.23. The van der Waals surface area contributed by atoms with Gasteiger partial charge in [0, 0.05) is 5.75 Å². The standard InChI is InChI=1S/C16H22NO3S/c1-11-5-7-12(8-6-11)9-14(18)13(10-21)17-15(19)20-16(2,3)4/h5-9,13,21H,10H2,1-4H3,(H,17,19)/t13-/m0/s1. The van der Waals surface area contributed by atoms with Gasteiger partial charge in [0.1, 0.15) is 11.6 Å². The second kappa shape index (κ2) is 7.50. The zero-order chi connectivity index (χ0) is 16.0. The van der Waals surface area contributed by atoms with Crippen molar-refractivity contribution in [1.82, 2.24) is 5.32 Å². The zero-order valence-electron chi connectivity index (χ0n) is 12.8. The Balaban J connectivity index is 2.61. The predicted molar refractivity (Wildman–Crippen MR) is 86.6 cm³/mol. The fourth-order valence-corrected chi connectivity index (χ4v) is 1.86. The van der Waals surface area contributed by atoms with E-state index in [1.165, 1.54) is 6.42 Å². The molecule has 1 aromatic rings. The van der Waals surface area contributed by atoms with Crippen molar-refractivity contribution in [2.75, 3.05) is 5.75 Å². The van der Waals surface area contributed by atoms with Crippen LogP contribution in [0.4, 0.5) is 4.79 Å². The van der Waals surface area contributed by atoms with Crippen LogP contribution in [0, 0.1) is 13.3 Å². The Labute approximate surface area is 131 Å². The first-order valence-electron chi connectivity index (χ1n) is 6.77. The van der Waals surface area contributed by atoms with E-state index < -0.39 is 17.7 Å². The van der Waals surface area contributed by atoms with Crippen LogP contribution >= 0.6 is 12.6 Å². The molecule has 21 heavy (non-hydrogen) atoms. The van der Waals surface area contributed by atoms with Crippen LogP contribution in [0.3, 0.4) is 0 Å². The van der Waals surface area contributed by atoms with Gasteiger partial charge in [-0.1, -0.05) is 29.8 Å². The minimum atomic E-state index is -0.704. The van der Waals surface area contributed by atoms with Gasteiger partial charge in [-0.3, -0.25) is 4.79 Å². The lowest BCUT2D eigenvalue weighted by Gasteiger charge is -2.22. The van der Waals surface area contributed by atoms with Crippen molar-refractivity contribution in [3.05, 3.63) is 41.8 Å². The number of alkyl carbamates (subject to hydrolysis) is 1. The average Bonchev–Trinajstić information content (AvgIpc) is 2.36. The first-order valence-corrected chi connectivity index (χ1v) is 7.40. The van der Waals surface area contributed by atoms with Crippen molar-refractivity contribution in [3.8, 4) is 0 Å². The third-order valence-corrected chi connectivity index (χ3v) is 2.97. The summed E-state index contributed by atoms with van der Waals surface area (Å²) in [5.74, 6) is 0.000168. The molecular formula is C16H22NO3S. The van der Waals surface area contributed by atoms with E-state index in [4.69, 9.17) is 4.74 Å². The molecule has 115 valence electrons. The summed E-state index contributed by atoms with van der Waals surface area (Å²) in [7, 11) is 0. The smallest absolute Gasteiger partial charge is 0.408 e. The largest absolute Gasteiger partial charge is 0.444 e. The third kappa shape index (κ3) is 6.67. The highest BCUT2D eigenvalue weighted by molar-refractivity contribution is 7.80. The Morgan fingerprint density at radius 3 is 2.33 bits per heavy atom. The van der Waals surface area contributed by atoms with Gasteiger partial charge in [0.2, 0.25) is 0 Å². The van der Waals surface area contributed by atoms with Gasteiger partial charge in [-0.15, -0.1) is 0 Å². The highest BCUT2D eigenvalue weighted by atomic mass is 32.1. The molecule has 1 N–H and O–H groups in total. The quantitative estimate of drug-likeness (QED) is 0.822. The molecule has 1 amide bonds. The number of hydrogen-bond acceptors (Lipinski definition) is 4. The summed E-state index contributed by atoms with van der Waals surface area (Å²) in [5, 5.41) is 2.54. The number of aryl methyl sites for hydroxylation is 1. The van der Waals surface area contributed by atoms with E-state index in [1.54, 1.807) is 20.8 Å². The lowest BCUT2D eigenvalue weighted by atomic mass is 10.0.